The molecule has 1 atom stereocenters. The summed E-state index contributed by atoms with van der Waals surface area (Å²) >= 11 is 2.34. The zero-order valence-corrected chi connectivity index (χ0v) is 16.1. The molecule has 22 heavy (non-hydrogen) atoms. The summed E-state index contributed by atoms with van der Waals surface area (Å²) in [5, 5.41) is 0. The Balaban J connectivity index is 3.12. The Hall–Kier alpha value is -0.890. The summed E-state index contributed by atoms with van der Waals surface area (Å²) in [7, 11) is 0. The summed E-state index contributed by atoms with van der Waals surface area (Å²) in [6.07, 6.45) is 10.6. The molecule has 120 valence electrons. The first-order valence-electron chi connectivity index (χ1n) is 7.73. The number of hydrogen-bond donors (Lipinski definition) is 0. The average Bonchev–Trinajstić information content (AvgIpc) is 2.43. The van der Waals surface area contributed by atoms with E-state index in [1.54, 1.807) is 6.08 Å². The Morgan fingerprint density at radius 2 is 2.09 bits per heavy atom. The molecule has 3 heteroatoms. The van der Waals surface area contributed by atoms with Crippen LogP contribution < -0.4 is 0 Å². The van der Waals surface area contributed by atoms with Gasteiger partial charge < -0.3 is 0 Å². The molecule has 0 aromatic rings. The molecule has 0 aromatic heterocycles. The number of carbonyl (C=O) groups excluding carboxylic acids is 2. The number of terminal acetylenes is 1. The quantitative estimate of drug-likeness (QED) is 0.209. The highest BCUT2D eigenvalue weighted by Crippen LogP contribution is 2.45. The predicted molar refractivity (Wildman–Crippen MR) is 99.9 cm³/mol. The maximum atomic E-state index is 12.8. The van der Waals surface area contributed by atoms with Gasteiger partial charge in [0, 0.05) is 16.9 Å². The molecule has 1 aliphatic carbocycles. The fourth-order valence-electron chi connectivity index (χ4n) is 3.37. The molecule has 1 unspecified atom stereocenters. The van der Waals surface area contributed by atoms with Crippen LogP contribution in [0.2, 0.25) is 0 Å². The summed E-state index contributed by atoms with van der Waals surface area (Å²) < 4.78 is 1.09. The van der Waals surface area contributed by atoms with Gasteiger partial charge in [0.25, 0.3) is 0 Å². The minimum absolute atomic E-state index is 0.0444. The minimum Gasteiger partial charge on any atom is -0.290 e. The van der Waals surface area contributed by atoms with Crippen molar-refractivity contribution >= 4 is 34.2 Å². The zero-order valence-electron chi connectivity index (χ0n) is 14.0. The second kappa shape index (κ2) is 8.10. The van der Waals surface area contributed by atoms with Crippen LogP contribution >= 0.6 is 22.6 Å². The van der Waals surface area contributed by atoms with Crippen molar-refractivity contribution in [1.82, 2.24) is 0 Å². The Kier molecular flexibility index (Phi) is 7.05. The number of ketones is 2. The van der Waals surface area contributed by atoms with Crippen molar-refractivity contribution in [3.05, 3.63) is 22.8 Å². The van der Waals surface area contributed by atoms with Gasteiger partial charge in [-0.25, -0.2) is 0 Å². The lowest BCUT2D eigenvalue weighted by molar-refractivity contribution is -0.121. The van der Waals surface area contributed by atoms with Crippen LogP contribution in [0, 0.1) is 23.7 Å². The highest BCUT2D eigenvalue weighted by Gasteiger charge is 2.42. The van der Waals surface area contributed by atoms with Crippen molar-refractivity contribution in [1.29, 1.82) is 0 Å². The number of Topliss-reactive ketones (excluding diaryl/α,β-unsaturated/α-hetero) is 1. The third kappa shape index (κ3) is 4.32. The molecular weight excluding hydrogens is 387 g/mol. The molecule has 1 aliphatic rings. The summed E-state index contributed by atoms with van der Waals surface area (Å²) in [4.78, 5) is 24.8. The molecule has 0 spiro atoms. The van der Waals surface area contributed by atoms with Gasteiger partial charge >= 0.3 is 0 Å². The molecule has 0 heterocycles. The summed E-state index contributed by atoms with van der Waals surface area (Å²) in [5.41, 5.74) is 2.47. The molecule has 0 aliphatic heterocycles. The van der Waals surface area contributed by atoms with Gasteiger partial charge in [-0.1, -0.05) is 47.6 Å². The first-order chi connectivity index (χ1) is 10.3. The van der Waals surface area contributed by atoms with Gasteiger partial charge in [0.05, 0.1) is 0 Å². The molecule has 0 amide bonds. The van der Waals surface area contributed by atoms with E-state index in [0.717, 1.165) is 46.8 Å². The van der Waals surface area contributed by atoms with Gasteiger partial charge in [0.2, 0.25) is 5.78 Å². The SMILES string of the molecule is C#CC(=O)C1CCC(C)=C(C(=O)/C=C(\C)CCCI)C1(C)C. The highest BCUT2D eigenvalue weighted by atomic mass is 127. The molecule has 0 N–H and O–H groups in total. The fourth-order valence-corrected chi connectivity index (χ4v) is 3.75. The number of carbonyl (C=O) groups is 2. The lowest BCUT2D eigenvalue weighted by Crippen LogP contribution is -2.38. The third-order valence-corrected chi connectivity index (χ3v) is 5.30. The lowest BCUT2D eigenvalue weighted by Gasteiger charge is -2.39. The average molecular weight is 412 g/mol. The third-order valence-electron chi connectivity index (χ3n) is 4.54. The van der Waals surface area contributed by atoms with E-state index in [2.05, 4.69) is 28.5 Å². The maximum absolute atomic E-state index is 12.8. The van der Waals surface area contributed by atoms with Crippen LogP contribution in [-0.4, -0.2) is 16.0 Å². The van der Waals surface area contributed by atoms with Crippen molar-refractivity contribution in [2.75, 3.05) is 4.43 Å². The van der Waals surface area contributed by atoms with E-state index >= 15 is 0 Å². The Morgan fingerprint density at radius 1 is 1.45 bits per heavy atom. The minimum atomic E-state index is -0.497. The Bertz CT molecular complexity index is 558. The molecule has 0 aromatic carbocycles. The van der Waals surface area contributed by atoms with Crippen molar-refractivity contribution in [3.63, 3.8) is 0 Å². The van der Waals surface area contributed by atoms with Crippen LogP contribution in [0.15, 0.2) is 22.8 Å². The molecule has 0 fully saturated rings. The van der Waals surface area contributed by atoms with E-state index in [9.17, 15) is 9.59 Å². The van der Waals surface area contributed by atoms with Crippen molar-refractivity contribution in [3.8, 4) is 12.3 Å². The first kappa shape index (κ1) is 19.2. The zero-order chi connectivity index (χ0) is 16.9. The van der Waals surface area contributed by atoms with E-state index < -0.39 is 5.41 Å². The fraction of sp³-hybridized carbons (Fsp3) is 0.579. The number of allylic oxidation sites excluding steroid dienone is 4. The van der Waals surface area contributed by atoms with E-state index in [1.807, 2.05) is 27.7 Å². The smallest absolute Gasteiger partial charge is 0.209 e. The van der Waals surface area contributed by atoms with Gasteiger partial charge in [-0.2, -0.15) is 0 Å². The largest absolute Gasteiger partial charge is 0.290 e. The Labute approximate surface area is 148 Å². The molecule has 0 radical (unpaired) electrons. The molecule has 1 rings (SSSR count). The molecular formula is C19H25IO2. The van der Waals surface area contributed by atoms with Crippen molar-refractivity contribution in [2.24, 2.45) is 11.3 Å². The number of halogens is 1. The monoisotopic (exact) mass is 412 g/mol. The van der Waals surface area contributed by atoms with Crippen molar-refractivity contribution < 1.29 is 9.59 Å². The van der Waals surface area contributed by atoms with E-state index in [0.29, 0.717) is 0 Å². The van der Waals surface area contributed by atoms with Gasteiger partial charge in [-0.15, -0.1) is 6.42 Å². The normalized spacial score (nSPS) is 21.5. The van der Waals surface area contributed by atoms with Crippen LogP contribution in [0.5, 0.6) is 0 Å². The number of alkyl halides is 1. The van der Waals surface area contributed by atoms with Gasteiger partial charge in [0.1, 0.15) is 0 Å². The van der Waals surface area contributed by atoms with Crippen LogP contribution in [0.3, 0.4) is 0 Å². The topological polar surface area (TPSA) is 34.1 Å². The van der Waals surface area contributed by atoms with E-state index in [1.165, 1.54) is 0 Å². The van der Waals surface area contributed by atoms with Crippen LogP contribution in [0.1, 0.15) is 53.4 Å². The number of rotatable bonds is 6. The Morgan fingerprint density at radius 3 is 2.64 bits per heavy atom. The standard InChI is InChI=1S/C19H25IO2/c1-6-16(21)15-10-9-14(3)18(19(15,4)5)17(22)12-13(2)8-7-11-20/h1,12,15H,7-11H2,2-5H3/b13-12+. The van der Waals surface area contributed by atoms with Gasteiger partial charge in [-0.05, 0) is 56.0 Å². The first-order valence-corrected chi connectivity index (χ1v) is 9.26. The predicted octanol–water partition coefficient (Wildman–Crippen LogP) is 4.67. The van der Waals surface area contributed by atoms with Gasteiger partial charge in [0.15, 0.2) is 5.78 Å². The molecule has 0 bridgehead atoms. The van der Waals surface area contributed by atoms with Gasteiger partial charge in [-0.3, -0.25) is 9.59 Å². The molecule has 0 saturated carbocycles. The van der Waals surface area contributed by atoms with Crippen molar-refractivity contribution in [2.45, 2.75) is 53.4 Å². The second-order valence-electron chi connectivity index (χ2n) is 6.62. The molecule has 0 saturated heterocycles. The summed E-state index contributed by atoms with van der Waals surface area (Å²) in [6, 6.07) is 0. The number of hydrogen-bond acceptors (Lipinski definition) is 2. The van der Waals surface area contributed by atoms with Crippen LogP contribution in [0.4, 0.5) is 0 Å². The molecule has 2 nitrogen and oxygen atoms in total. The maximum Gasteiger partial charge on any atom is 0.209 e. The van der Waals surface area contributed by atoms with E-state index in [-0.39, 0.29) is 17.5 Å². The highest BCUT2D eigenvalue weighted by molar-refractivity contribution is 14.1. The second-order valence-corrected chi connectivity index (χ2v) is 7.70. The summed E-state index contributed by atoms with van der Waals surface area (Å²) in [5.74, 6) is 1.84. The summed E-state index contributed by atoms with van der Waals surface area (Å²) in [6.45, 7) is 7.94. The van der Waals surface area contributed by atoms with Crippen LogP contribution in [0.25, 0.3) is 0 Å². The van der Waals surface area contributed by atoms with Crippen LogP contribution in [-0.2, 0) is 9.59 Å². The van der Waals surface area contributed by atoms with E-state index in [4.69, 9.17) is 6.42 Å². The lowest BCUT2D eigenvalue weighted by atomic mass is 9.63.